The maximum Gasteiger partial charge on any atom is 0.356 e. The molecule has 5 heteroatoms. The van der Waals surface area contributed by atoms with E-state index >= 15 is 0 Å². The van der Waals surface area contributed by atoms with E-state index in [4.69, 9.17) is 9.47 Å². The largest absolute Gasteiger partial charge is 0.465 e. The number of aromatic nitrogens is 1. The Balaban J connectivity index is 2.65. The molecule has 0 aliphatic rings. The molecule has 126 valence electrons. The topological polar surface area (TPSA) is 65.5 Å². The van der Waals surface area contributed by atoms with E-state index in [9.17, 15) is 9.59 Å². The van der Waals surface area contributed by atoms with Crippen LogP contribution in [-0.2, 0) is 14.3 Å². The predicted octanol–water partition coefficient (Wildman–Crippen LogP) is 3.51. The van der Waals surface area contributed by atoms with Gasteiger partial charge in [-0.25, -0.2) is 9.78 Å². The predicted molar refractivity (Wildman–Crippen MR) is 90.8 cm³/mol. The Kier molecular flexibility index (Phi) is 5.68. The first kappa shape index (κ1) is 17.7. The Bertz CT molecular complexity index is 741. The van der Waals surface area contributed by atoms with Gasteiger partial charge in [-0.3, -0.25) is 4.79 Å². The Hall–Kier alpha value is -2.69. The summed E-state index contributed by atoms with van der Waals surface area (Å²) in [6.07, 6.45) is 0. The van der Waals surface area contributed by atoms with Crippen LogP contribution in [0.15, 0.2) is 36.4 Å². The fourth-order valence-corrected chi connectivity index (χ4v) is 2.58. The van der Waals surface area contributed by atoms with Gasteiger partial charge in [0.05, 0.1) is 25.3 Å². The lowest BCUT2D eigenvalue weighted by atomic mass is 9.92. The fourth-order valence-electron chi connectivity index (χ4n) is 2.58. The summed E-state index contributed by atoms with van der Waals surface area (Å²) in [4.78, 5) is 28.5. The molecule has 0 saturated heterocycles. The number of hydrogen-bond acceptors (Lipinski definition) is 5. The zero-order valence-electron chi connectivity index (χ0n) is 14.3. The highest BCUT2D eigenvalue weighted by molar-refractivity contribution is 5.90. The molecule has 0 fully saturated rings. The average molecular weight is 327 g/mol. The quantitative estimate of drug-likeness (QED) is 0.786. The monoisotopic (exact) mass is 327 g/mol. The minimum Gasteiger partial charge on any atom is -0.465 e. The molecule has 0 spiro atoms. The van der Waals surface area contributed by atoms with E-state index < -0.39 is 11.9 Å². The molecule has 0 unspecified atom stereocenters. The lowest BCUT2D eigenvalue weighted by molar-refractivity contribution is -0.144. The van der Waals surface area contributed by atoms with E-state index in [1.807, 2.05) is 37.3 Å². The highest BCUT2D eigenvalue weighted by Gasteiger charge is 2.25. The molecule has 0 saturated carbocycles. The molecule has 0 bridgehead atoms. The molecule has 1 heterocycles. The van der Waals surface area contributed by atoms with Gasteiger partial charge in [-0.15, -0.1) is 0 Å². The first-order valence-electron chi connectivity index (χ1n) is 7.81. The second kappa shape index (κ2) is 7.73. The van der Waals surface area contributed by atoms with E-state index in [1.54, 1.807) is 19.9 Å². The Morgan fingerprint density at radius 3 is 2.46 bits per heavy atom. The minimum atomic E-state index is -0.594. The van der Waals surface area contributed by atoms with Gasteiger partial charge in [0, 0.05) is 5.56 Å². The summed E-state index contributed by atoms with van der Waals surface area (Å²) in [5.41, 5.74) is 3.32. The summed E-state index contributed by atoms with van der Waals surface area (Å²) in [5, 5.41) is 0. The minimum absolute atomic E-state index is 0.181. The molecule has 0 N–H and O–H groups in total. The van der Waals surface area contributed by atoms with Crippen molar-refractivity contribution in [1.29, 1.82) is 0 Å². The van der Waals surface area contributed by atoms with Crippen LogP contribution >= 0.6 is 0 Å². The number of rotatable bonds is 5. The lowest BCUT2D eigenvalue weighted by Gasteiger charge is -2.18. The highest BCUT2D eigenvalue weighted by Crippen LogP contribution is 2.32. The van der Waals surface area contributed by atoms with Crippen molar-refractivity contribution < 1.29 is 19.1 Å². The van der Waals surface area contributed by atoms with Crippen LogP contribution < -0.4 is 0 Å². The molecule has 0 radical (unpaired) electrons. The standard InChI is InChI=1S/C19H21NO4/c1-5-24-18(21)13(3)17-16(14-9-7-6-8-10-14)12(2)11-15(20-17)19(22)23-4/h6-11,13H,5H2,1-4H3/t13-/m0/s1. The molecule has 2 rings (SSSR count). The van der Waals surface area contributed by atoms with Crippen molar-refractivity contribution in [2.24, 2.45) is 0 Å². The van der Waals surface area contributed by atoms with Crippen LogP contribution in [0, 0.1) is 6.92 Å². The van der Waals surface area contributed by atoms with Crippen molar-refractivity contribution in [3.8, 4) is 11.1 Å². The number of ether oxygens (including phenoxy) is 2. The molecule has 0 amide bonds. The first-order chi connectivity index (χ1) is 11.5. The van der Waals surface area contributed by atoms with Gasteiger partial charge in [-0.1, -0.05) is 30.3 Å². The number of aryl methyl sites for hydroxylation is 1. The van der Waals surface area contributed by atoms with Gasteiger partial charge >= 0.3 is 11.9 Å². The number of esters is 2. The highest BCUT2D eigenvalue weighted by atomic mass is 16.5. The number of pyridine rings is 1. The van der Waals surface area contributed by atoms with Crippen LogP contribution in [0.5, 0.6) is 0 Å². The SMILES string of the molecule is CCOC(=O)[C@@H](C)c1nc(C(=O)OC)cc(C)c1-c1ccccc1. The third kappa shape index (κ3) is 3.62. The molecule has 1 atom stereocenters. The van der Waals surface area contributed by atoms with Crippen LogP contribution in [0.1, 0.15) is 41.5 Å². The number of carbonyl (C=O) groups is 2. The van der Waals surface area contributed by atoms with Crippen LogP contribution in [-0.4, -0.2) is 30.6 Å². The Morgan fingerprint density at radius 1 is 1.21 bits per heavy atom. The van der Waals surface area contributed by atoms with Crippen molar-refractivity contribution in [3.05, 3.63) is 53.3 Å². The lowest BCUT2D eigenvalue weighted by Crippen LogP contribution is -2.18. The van der Waals surface area contributed by atoms with Crippen LogP contribution in [0.25, 0.3) is 11.1 Å². The van der Waals surface area contributed by atoms with Crippen molar-refractivity contribution in [2.75, 3.05) is 13.7 Å². The number of nitrogens with zero attached hydrogens (tertiary/aromatic N) is 1. The van der Waals surface area contributed by atoms with Crippen molar-refractivity contribution in [3.63, 3.8) is 0 Å². The van der Waals surface area contributed by atoms with Gasteiger partial charge in [-0.05, 0) is 38.0 Å². The van der Waals surface area contributed by atoms with Crippen LogP contribution in [0.4, 0.5) is 0 Å². The van der Waals surface area contributed by atoms with Gasteiger partial charge in [-0.2, -0.15) is 0 Å². The van der Waals surface area contributed by atoms with E-state index in [-0.39, 0.29) is 11.7 Å². The van der Waals surface area contributed by atoms with Crippen LogP contribution in [0.3, 0.4) is 0 Å². The smallest absolute Gasteiger partial charge is 0.356 e. The number of benzene rings is 1. The maximum atomic E-state index is 12.2. The Labute approximate surface area is 141 Å². The molecular formula is C19H21NO4. The van der Waals surface area contributed by atoms with Gasteiger partial charge in [0.1, 0.15) is 5.69 Å². The van der Waals surface area contributed by atoms with Crippen molar-refractivity contribution in [2.45, 2.75) is 26.7 Å². The molecular weight excluding hydrogens is 306 g/mol. The average Bonchev–Trinajstić information content (AvgIpc) is 2.60. The van der Waals surface area contributed by atoms with E-state index in [0.29, 0.717) is 12.3 Å². The van der Waals surface area contributed by atoms with E-state index in [1.165, 1.54) is 7.11 Å². The molecule has 1 aromatic carbocycles. The normalized spacial score (nSPS) is 11.7. The maximum absolute atomic E-state index is 12.2. The summed E-state index contributed by atoms with van der Waals surface area (Å²) in [6.45, 7) is 5.66. The fraction of sp³-hybridized carbons (Fsp3) is 0.316. The Morgan fingerprint density at radius 2 is 1.88 bits per heavy atom. The zero-order valence-corrected chi connectivity index (χ0v) is 14.3. The summed E-state index contributed by atoms with van der Waals surface area (Å²) < 4.78 is 9.88. The van der Waals surface area contributed by atoms with Gasteiger partial charge in [0.15, 0.2) is 0 Å². The molecule has 0 aliphatic heterocycles. The van der Waals surface area contributed by atoms with Gasteiger partial charge < -0.3 is 9.47 Å². The first-order valence-corrected chi connectivity index (χ1v) is 7.81. The summed E-state index contributed by atoms with van der Waals surface area (Å²) in [7, 11) is 1.30. The molecule has 1 aromatic heterocycles. The molecule has 5 nitrogen and oxygen atoms in total. The van der Waals surface area contributed by atoms with Crippen molar-refractivity contribution in [1.82, 2.24) is 4.98 Å². The van der Waals surface area contributed by atoms with Crippen molar-refractivity contribution >= 4 is 11.9 Å². The molecule has 0 aliphatic carbocycles. The van der Waals surface area contributed by atoms with Gasteiger partial charge in [0.25, 0.3) is 0 Å². The number of carbonyl (C=O) groups excluding carboxylic acids is 2. The zero-order chi connectivity index (χ0) is 17.7. The number of hydrogen-bond donors (Lipinski definition) is 0. The van der Waals surface area contributed by atoms with E-state index in [0.717, 1.165) is 16.7 Å². The number of methoxy groups -OCH3 is 1. The third-order valence-corrected chi connectivity index (χ3v) is 3.75. The van der Waals surface area contributed by atoms with Crippen LogP contribution in [0.2, 0.25) is 0 Å². The second-order valence-electron chi connectivity index (χ2n) is 5.42. The summed E-state index contributed by atoms with van der Waals surface area (Å²) in [5.74, 6) is -1.50. The molecule has 24 heavy (non-hydrogen) atoms. The summed E-state index contributed by atoms with van der Waals surface area (Å²) >= 11 is 0. The second-order valence-corrected chi connectivity index (χ2v) is 5.42. The molecule has 2 aromatic rings. The third-order valence-electron chi connectivity index (χ3n) is 3.75. The van der Waals surface area contributed by atoms with Gasteiger partial charge in [0.2, 0.25) is 0 Å². The summed E-state index contributed by atoms with van der Waals surface area (Å²) in [6, 6.07) is 11.3. The van der Waals surface area contributed by atoms with E-state index in [2.05, 4.69) is 4.98 Å².